The van der Waals surface area contributed by atoms with E-state index in [1.165, 1.54) is 12.1 Å². The average molecular weight is 332 g/mol. The third-order valence-corrected chi connectivity index (χ3v) is 4.63. The van der Waals surface area contributed by atoms with E-state index in [9.17, 15) is 14.3 Å². The molecule has 0 aromatic heterocycles. The van der Waals surface area contributed by atoms with Crippen molar-refractivity contribution in [3.63, 3.8) is 0 Å². The molecule has 22 heavy (non-hydrogen) atoms. The molecule has 0 aliphatic heterocycles. The van der Waals surface area contributed by atoms with Gasteiger partial charge in [0.15, 0.2) is 6.10 Å². The number of carboxylic acid groups (broad SMARTS) is 1. The molecule has 7 heteroatoms. The third-order valence-electron chi connectivity index (χ3n) is 2.93. The molecule has 0 unspecified atom stereocenters. The Kier molecular flexibility index (Phi) is 5.80. The Morgan fingerprint density at radius 3 is 2.73 bits per heavy atom. The fourth-order valence-electron chi connectivity index (χ4n) is 1.64. The number of benzene rings is 1. The monoisotopic (exact) mass is 332 g/mol. The molecule has 1 atom stereocenters. The molecule has 0 bridgehead atoms. The average Bonchev–Trinajstić information content (AvgIpc) is 2.41. The molecule has 124 valence electrons. The van der Waals surface area contributed by atoms with Gasteiger partial charge in [-0.1, -0.05) is 19.6 Å². The van der Waals surface area contributed by atoms with Crippen LogP contribution in [0, 0.1) is 5.82 Å². The van der Waals surface area contributed by atoms with Gasteiger partial charge in [0.1, 0.15) is 18.4 Å². The molecule has 0 fully saturated rings. The number of hydrogen-bond donors (Lipinski definition) is 1. The second kappa shape index (κ2) is 8.26. The summed E-state index contributed by atoms with van der Waals surface area (Å²) in [6.45, 7) is 6.78. The van der Waals surface area contributed by atoms with E-state index in [2.05, 4.69) is 19.6 Å². The Balaban J connectivity index is 2.66. The van der Waals surface area contributed by atoms with Gasteiger partial charge in [-0.2, -0.15) is 0 Å². The van der Waals surface area contributed by atoms with E-state index in [1.807, 2.05) is 0 Å². The summed E-state index contributed by atoms with van der Waals surface area (Å²) in [7, 11) is -2.85. The lowest BCUT2D eigenvalue weighted by molar-refractivity contribution is -0.161. The van der Waals surface area contributed by atoms with Crippen molar-refractivity contribution in [2.45, 2.75) is 31.8 Å². The highest BCUT2D eigenvalue weighted by atomic mass is 28.3. The van der Waals surface area contributed by atoms with Crippen LogP contribution in [-0.2, 0) is 14.3 Å². The zero-order valence-corrected chi connectivity index (χ0v) is 14.0. The van der Waals surface area contributed by atoms with Crippen LogP contribution in [-0.4, -0.2) is 39.6 Å². The van der Waals surface area contributed by atoms with Crippen molar-refractivity contribution in [3.8, 4) is 5.75 Å². The van der Waals surface area contributed by atoms with Gasteiger partial charge in [-0.05, 0) is 18.2 Å². The van der Waals surface area contributed by atoms with Gasteiger partial charge in [0, 0.05) is 26.3 Å². The molecule has 0 aliphatic rings. The molecule has 1 aromatic rings. The Morgan fingerprint density at radius 2 is 2.18 bits per heavy atom. The Labute approximate surface area is 133 Å². The van der Waals surface area contributed by atoms with Gasteiger partial charge in [-0.25, -0.2) is 9.18 Å². The standard InChI is InChI=1S/C15H23FO5Si/c1-19-11-5-6-12(13(16)9-11)14(15(17)18)21-10-20-7-8-22(2,3)4/h5-6,9,14H,7-8,10H2,1-4H3,(H,17,18)/t14-/m1/s1/i1D2. The summed E-state index contributed by atoms with van der Waals surface area (Å²) in [6, 6.07) is 4.33. The minimum Gasteiger partial charge on any atom is -0.497 e. The number of carboxylic acids is 1. The first kappa shape index (κ1) is 15.5. The Bertz CT molecular complexity index is 551. The Hall–Kier alpha value is -1.44. The number of aliphatic carboxylic acids is 1. The van der Waals surface area contributed by atoms with Crippen LogP contribution in [0.5, 0.6) is 5.75 Å². The number of hydrogen-bond acceptors (Lipinski definition) is 4. The summed E-state index contributed by atoms with van der Waals surface area (Å²) >= 11 is 0. The number of rotatable bonds is 9. The van der Waals surface area contributed by atoms with Gasteiger partial charge in [-0.3, -0.25) is 0 Å². The minimum absolute atomic E-state index is 0.0261. The molecule has 0 saturated carbocycles. The summed E-state index contributed by atoms with van der Waals surface area (Å²) in [5.41, 5.74) is -0.171. The molecule has 1 rings (SSSR count). The summed E-state index contributed by atoms with van der Waals surface area (Å²) in [5.74, 6) is -2.21. The van der Waals surface area contributed by atoms with E-state index in [-0.39, 0.29) is 18.1 Å². The lowest BCUT2D eigenvalue weighted by Gasteiger charge is -2.18. The molecule has 0 spiro atoms. The molecular weight excluding hydrogens is 307 g/mol. The lowest BCUT2D eigenvalue weighted by Crippen LogP contribution is -2.23. The van der Waals surface area contributed by atoms with Crippen molar-refractivity contribution < 1.29 is 31.2 Å². The molecule has 0 amide bonds. The van der Waals surface area contributed by atoms with Crippen LogP contribution in [0.3, 0.4) is 0 Å². The zero-order chi connectivity index (χ0) is 18.3. The summed E-state index contributed by atoms with van der Waals surface area (Å²) in [5, 5.41) is 9.22. The van der Waals surface area contributed by atoms with Crippen LogP contribution in [0.15, 0.2) is 18.2 Å². The highest BCUT2D eigenvalue weighted by Crippen LogP contribution is 2.24. The SMILES string of the molecule is [2H]C([2H])Oc1ccc([C@@H](OCOCC[Si](C)(C)C)C(=O)O)c(F)c1. The molecule has 0 radical (unpaired) electrons. The van der Waals surface area contributed by atoms with Gasteiger partial charge in [0.2, 0.25) is 0 Å². The summed E-state index contributed by atoms with van der Waals surface area (Å²) in [4.78, 5) is 11.3. The van der Waals surface area contributed by atoms with Gasteiger partial charge >= 0.3 is 5.97 Å². The number of carbonyl (C=O) groups is 1. The second-order valence-corrected chi connectivity index (χ2v) is 11.6. The normalized spacial score (nSPS) is 14.4. The van der Waals surface area contributed by atoms with E-state index in [4.69, 9.17) is 17.0 Å². The first-order chi connectivity index (χ1) is 11.1. The topological polar surface area (TPSA) is 65.0 Å². The maximum absolute atomic E-state index is 14.1. The van der Waals surface area contributed by atoms with Crippen LogP contribution in [0.2, 0.25) is 25.7 Å². The quantitative estimate of drug-likeness (QED) is 0.427. The van der Waals surface area contributed by atoms with E-state index in [0.717, 1.165) is 12.1 Å². The van der Waals surface area contributed by atoms with Gasteiger partial charge in [0.05, 0.1) is 9.80 Å². The van der Waals surface area contributed by atoms with Crippen molar-refractivity contribution in [3.05, 3.63) is 29.6 Å². The van der Waals surface area contributed by atoms with Gasteiger partial charge in [-0.15, -0.1) is 0 Å². The molecular formula is C15H23FO5Si. The molecule has 1 N–H and O–H groups in total. The molecule has 0 saturated heterocycles. The van der Waals surface area contributed by atoms with E-state index in [0.29, 0.717) is 6.61 Å². The van der Waals surface area contributed by atoms with Gasteiger partial charge in [0.25, 0.3) is 0 Å². The molecule has 0 heterocycles. The largest absolute Gasteiger partial charge is 0.497 e. The van der Waals surface area contributed by atoms with Crippen molar-refractivity contribution in [1.82, 2.24) is 0 Å². The van der Waals surface area contributed by atoms with Crippen LogP contribution in [0.25, 0.3) is 0 Å². The third kappa shape index (κ3) is 6.13. The van der Waals surface area contributed by atoms with Crippen LogP contribution in [0.1, 0.15) is 14.4 Å². The molecule has 5 nitrogen and oxygen atoms in total. The van der Waals surface area contributed by atoms with Crippen molar-refractivity contribution >= 4 is 14.0 Å². The van der Waals surface area contributed by atoms with Crippen molar-refractivity contribution in [2.24, 2.45) is 0 Å². The number of ether oxygens (including phenoxy) is 3. The first-order valence-electron chi connectivity index (χ1n) is 7.98. The van der Waals surface area contributed by atoms with E-state index >= 15 is 0 Å². The van der Waals surface area contributed by atoms with Crippen molar-refractivity contribution in [1.29, 1.82) is 0 Å². The smallest absolute Gasteiger partial charge is 0.337 e. The zero-order valence-electron chi connectivity index (χ0n) is 15.0. The molecule has 1 aromatic carbocycles. The van der Waals surface area contributed by atoms with Gasteiger partial charge < -0.3 is 19.3 Å². The second-order valence-electron chi connectivity index (χ2n) is 6.02. The van der Waals surface area contributed by atoms with Crippen molar-refractivity contribution in [2.75, 3.05) is 20.5 Å². The fraction of sp³-hybridized carbons (Fsp3) is 0.533. The van der Waals surface area contributed by atoms with Crippen LogP contribution in [0.4, 0.5) is 4.39 Å². The predicted molar refractivity (Wildman–Crippen MR) is 83.4 cm³/mol. The van der Waals surface area contributed by atoms with E-state index < -0.39 is 33.0 Å². The van der Waals surface area contributed by atoms with Crippen LogP contribution >= 0.6 is 0 Å². The Morgan fingerprint density at radius 1 is 1.45 bits per heavy atom. The highest BCUT2D eigenvalue weighted by molar-refractivity contribution is 6.76. The van der Waals surface area contributed by atoms with Crippen LogP contribution < -0.4 is 4.74 Å². The highest BCUT2D eigenvalue weighted by Gasteiger charge is 2.24. The predicted octanol–water partition coefficient (Wildman–Crippen LogP) is 3.29. The summed E-state index contributed by atoms with van der Waals surface area (Å²) in [6.07, 6.45) is -1.51. The van der Waals surface area contributed by atoms with E-state index in [1.54, 1.807) is 0 Å². The maximum atomic E-state index is 14.1. The minimum atomic E-state index is -1.60. The number of halogens is 1. The first-order valence-corrected chi connectivity index (χ1v) is 10.5. The fourth-order valence-corrected chi connectivity index (χ4v) is 2.40. The number of methoxy groups -OCH3 is 1. The molecule has 0 aliphatic carbocycles. The lowest BCUT2D eigenvalue weighted by atomic mass is 10.1. The summed E-state index contributed by atoms with van der Waals surface area (Å²) < 4.78 is 43.1. The maximum Gasteiger partial charge on any atom is 0.337 e.